The summed E-state index contributed by atoms with van der Waals surface area (Å²) in [5.74, 6) is -2.83. The molecule has 0 unspecified atom stereocenters. The van der Waals surface area contributed by atoms with Gasteiger partial charge in [-0.1, -0.05) is 163 Å². The van der Waals surface area contributed by atoms with E-state index >= 15 is 0 Å². The van der Waals surface area contributed by atoms with Crippen molar-refractivity contribution in [3.63, 3.8) is 0 Å². The number of nitrogens with zero attached hydrogens (tertiary/aromatic N) is 4. The molecule has 0 atom stereocenters. The Morgan fingerprint density at radius 2 is 0.903 bits per heavy atom. The molecule has 3 heterocycles. The van der Waals surface area contributed by atoms with Crippen LogP contribution in [0, 0.1) is 0 Å². The molecule has 62 heavy (non-hydrogen) atoms. The molecule has 0 saturated carbocycles. The molecule has 0 aliphatic rings. The van der Waals surface area contributed by atoms with Crippen LogP contribution < -0.4 is 0 Å². The summed E-state index contributed by atoms with van der Waals surface area (Å²) in [5, 5.41) is -4.42. The maximum Gasteiger partial charge on any atom is 0.164 e. The second-order valence-electron chi connectivity index (χ2n) is 13.3. The Kier molecular flexibility index (Phi) is 3.27. The van der Waals surface area contributed by atoms with Gasteiger partial charge in [-0.15, -0.1) is 0 Å². The van der Waals surface area contributed by atoms with Crippen LogP contribution in [0.4, 0.5) is 0 Å². The average molecular weight is 825 g/mol. The molecule has 0 spiro atoms. The lowest BCUT2D eigenvalue weighted by Gasteiger charge is -2.13. The van der Waals surface area contributed by atoms with Gasteiger partial charge in [0.05, 0.1) is 57.6 Å². The highest BCUT2D eigenvalue weighted by atomic mass is 16.3. The van der Waals surface area contributed by atoms with Gasteiger partial charge in [0.1, 0.15) is 11.2 Å². The lowest BCUT2D eigenvalue weighted by molar-refractivity contribution is 0.669. The molecule has 0 fully saturated rings. The Labute approximate surface area is 403 Å². The van der Waals surface area contributed by atoms with Gasteiger partial charge in [-0.3, -0.25) is 0 Å². The first kappa shape index (κ1) is 14.9. The molecule has 288 valence electrons. The molecule has 0 saturated heterocycles. The number of fused-ring (bicyclic) bond motifs is 6. The van der Waals surface area contributed by atoms with Crippen molar-refractivity contribution in [2.75, 3.05) is 0 Å². The van der Waals surface area contributed by atoms with Gasteiger partial charge in [-0.25, -0.2) is 15.0 Å². The maximum atomic E-state index is 10.3. The Bertz CT molecular complexity index is 5790. The molecule has 3 aromatic heterocycles. The largest absolute Gasteiger partial charge is 0.456 e. The predicted molar refractivity (Wildman–Crippen MR) is 255 cm³/mol. The fraction of sp³-hybridized carbons (Fsp3) is 0. The zero-order valence-electron chi connectivity index (χ0n) is 64.7. The van der Waals surface area contributed by atoms with Crippen LogP contribution in [0.2, 0.25) is 0 Å². The van der Waals surface area contributed by atoms with E-state index in [1.54, 1.807) is 0 Å². The summed E-state index contributed by atoms with van der Waals surface area (Å²) < 4.78 is 315. The Morgan fingerprint density at radius 1 is 0.339 bits per heavy atom. The molecular formula is C57H34N4O. The lowest BCUT2D eigenvalue weighted by Crippen LogP contribution is -2.00. The first-order chi connectivity index (χ1) is 44.9. The Morgan fingerprint density at radius 3 is 1.68 bits per heavy atom. The average Bonchev–Trinajstić information content (AvgIpc) is 1.49. The normalized spacial score (nSPS) is 19.5. The number of hydrogen-bond acceptors (Lipinski definition) is 4. The van der Waals surface area contributed by atoms with Crippen molar-refractivity contribution in [2.45, 2.75) is 0 Å². The number of rotatable bonds is 6. The van der Waals surface area contributed by atoms with E-state index in [0.717, 1.165) is 4.57 Å². The van der Waals surface area contributed by atoms with Crippen LogP contribution in [0.25, 0.3) is 127 Å². The summed E-state index contributed by atoms with van der Waals surface area (Å²) in [4.78, 5) is 13.2. The highest BCUT2D eigenvalue weighted by molar-refractivity contribution is 6.36. The molecule has 0 aliphatic heterocycles. The first-order valence-corrected chi connectivity index (χ1v) is 18.2. The number of aromatic nitrogens is 4. The van der Waals surface area contributed by atoms with Crippen molar-refractivity contribution in [1.29, 1.82) is 0 Å². The number of benzene rings is 10. The molecule has 0 amide bonds. The van der Waals surface area contributed by atoms with Crippen molar-refractivity contribution in [3.8, 4) is 62.1 Å². The highest BCUT2D eigenvalue weighted by Gasteiger charge is 2.23. The van der Waals surface area contributed by atoms with Gasteiger partial charge in [-0.2, -0.15) is 0 Å². The van der Waals surface area contributed by atoms with Gasteiger partial charge in [-0.05, 0) is 80.7 Å². The quantitative estimate of drug-likeness (QED) is 0.157. The van der Waals surface area contributed by atoms with Crippen molar-refractivity contribution in [2.24, 2.45) is 0 Å². The number of hydrogen-bond donors (Lipinski definition) is 0. The Hall–Kier alpha value is -8.41. The van der Waals surface area contributed by atoms with E-state index in [1.807, 2.05) is 0 Å². The monoisotopic (exact) mass is 824 g/mol. The van der Waals surface area contributed by atoms with Crippen LogP contribution in [0.1, 0.15) is 46.6 Å². The van der Waals surface area contributed by atoms with Gasteiger partial charge < -0.3 is 8.98 Å². The minimum atomic E-state index is -1.08. The van der Waals surface area contributed by atoms with Crippen molar-refractivity contribution in [3.05, 3.63) is 205 Å². The van der Waals surface area contributed by atoms with E-state index in [1.165, 1.54) is 0 Å². The molecule has 0 aliphatic carbocycles. The second-order valence-corrected chi connectivity index (χ2v) is 13.3. The number of furan rings is 1. The molecule has 5 heteroatoms. The zero-order chi connectivity index (χ0) is 70.3. The summed E-state index contributed by atoms with van der Waals surface area (Å²) in [6, 6.07) is -32.6. The smallest absolute Gasteiger partial charge is 0.164 e. The molecule has 13 aromatic rings. The van der Waals surface area contributed by atoms with E-state index in [4.69, 9.17) is 30.5 Å². The van der Waals surface area contributed by atoms with E-state index in [2.05, 4.69) is 15.0 Å². The topological polar surface area (TPSA) is 56.7 Å². The van der Waals surface area contributed by atoms with E-state index in [9.17, 15) is 20.6 Å². The molecule has 10 aromatic carbocycles. The number of para-hydroxylation sites is 1. The lowest BCUT2D eigenvalue weighted by atomic mass is 9.89. The fourth-order valence-corrected chi connectivity index (χ4v) is 7.46. The van der Waals surface area contributed by atoms with Gasteiger partial charge in [0.15, 0.2) is 17.5 Å². The SMILES string of the molecule is [2H]c1c([2H])c([2H])c(-c2nc(-c3c([2H])c([2H])c(-c4c([2H])c([2H])c([2H])c([2H])c4[2H])c([2H])c3[2H])nc(-c3c([2H])c([2H])c([2H])c4oc5c([2H])c([2H])c(-c6c([2H])c([2H])c7c8c6c6c([2H])c([2H])c([2H])c([2H])c6c6c([2H])c([2H])c([2H])c(c68)n7-c6c([2H])c([2H])c([2H])c([2H])c6[2H])c([2H])c5c34)n2)c([2H])c1[2H]. The first-order valence-electron chi connectivity index (χ1n) is 35.2. The second kappa shape index (κ2) is 13.6. The van der Waals surface area contributed by atoms with Crippen molar-refractivity contribution < 1.29 is 51.0 Å². The summed E-state index contributed by atoms with van der Waals surface area (Å²) in [6.45, 7) is 0. The third-order valence-corrected chi connectivity index (χ3v) is 10.00. The van der Waals surface area contributed by atoms with Gasteiger partial charge in [0.2, 0.25) is 0 Å². The van der Waals surface area contributed by atoms with E-state index < -0.39 is 333 Å². The van der Waals surface area contributed by atoms with Crippen LogP contribution in [0.3, 0.4) is 0 Å². The van der Waals surface area contributed by atoms with Crippen LogP contribution >= 0.6 is 0 Å². The third kappa shape index (κ3) is 5.25. The van der Waals surface area contributed by atoms with Gasteiger partial charge in [0.25, 0.3) is 0 Å². The van der Waals surface area contributed by atoms with E-state index in [0.29, 0.717) is 0 Å². The molecular weight excluding hydrogens is 757 g/mol. The summed E-state index contributed by atoms with van der Waals surface area (Å²) in [5.41, 5.74) is -9.16. The Balaban J connectivity index is 1.22. The van der Waals surface area contributed by atoms with Crippen LogP contribution in [-0.4, -0.2) is 19.5 Å². The molecule has 5 nitrogen and oxygen atoms in total. The fourth-order valence-electron chi connectivity index (χ4n) is 7.46. The summed E-state index contributed by atoms with van der Waals surface area (Å²) in [6.07, 6.45) is 0. The minimum Gasteiger partial charge on any atom is -0.456 e. The van der Waals surface area contributed by atoms with Crippen molar-refractivity contribution >= 4 is 65.3 Å². The van der Waals surface area contributed by atoms with Gasteiger partial charge >= 0.3 is 0 Å². The maximum absolute atomic E-state index is 10.3. The zero-order valence-corrected chi connectivity index (χ0v) is 30.7. The molecule has 13 rings (SSSR count). The molecule has 0 N–H and O–H groups in total. The predicted octanol–water partition coefficient (Wildman–Crippen LogP) is 14.9. The summed E-state index contributed by atoms with van der Waals surface area (Å²) in [7, 11) is 0. The summed E-state index contributed by atoms with van der Waals surface area (Å²) >= 11 is 0. The van der Waals surface area contributed by atoms with Crippen LogP contribution in [-0.2, 0) is 0 Å². The molecule has 0 radical (unpaired) electrons. The van der Waals surface area contributed by atoms with Crippen molar-refractivity contribution in [1.82, 2.24) is 19.5 Å². The minimum absolute atomic E-state index is 0.391. The highest BCUT2D eigenvalue weighted by Crippen LogP contribution is 2.48. The van der Waals surface area contributed by atoms with Gasteiger partial charge in [0, 0.05) is 49.3 Å². The van der Waals surface area contributed by atoms with E-state index in [-0.39, 0.29) is 0 Å². The molecule has 0 bridgehead atoms. The van der Waals surface area contributed by atoms with Crippen LogP contribution in [0.15, 0.2) is 210 Å². The third-order valence-electron chi connectivity index (χ3n) is 10.00. The standard InChI is InChI=1S/C57H34N4O/c1-4-14-35(15-5-1)36-26-28-38(29-27-36)56-58-55(37-16-6-2-7-17-37)59-57(60-56)45-23-13-25-50-51(45)46-34-39(30-33-49(46)62-50)41-31-32-48-54-52(41)43-21-11-10-20-42(43)44-22-12-24-47(53(44)54)61(48)40-18-8-3-9-19-40/h1-34H/i1D,2D,3D,4D,5D,6D,7D,8D,9D,10D,11D,12D,13D,14D,15D,16D,17D,18D,19D,20D,21D,22D,23D,24D,25D,26D,27D,28D,29D,30D,31D,32D,33D,34D. The van der Waals surface area contributed by atoms with Crippen LogP contribution in [0.5, 0.6) is 0 Å².